The summed E-state index contributed by atoms with van der Waals surface area (Å²) in [6.45, 7) is 12.4. The third-order valence-electron chi connectivity index (χ3n) is 3.67. The second kappa shape index (κ2) is 6.46. The monoisotopic (exact) mass is 312 g/mol. The van der Waals surface area contributed by atoms with Gasteiger partial charge in [0.25, 0.3) is 0 Å². The van der Waals surface area contributed by atoms with E-state index in [-0.39, 0.29) is 11.5 Å². The molecule has 0 heterocycles. The van der Waals surface area contributed by atoms with Gasteiger partial charge < -0.3 is 5.32 Å². The number of sulfonamides is 1. The number of benzene rings is 1. The molecule has 0 aromatic heterocycles. The Bertz CT molecular complexity index is 578. The predicted molar refractivity (Wildman–Crippen MR) is 88.3 cm³/mol. The molecule has 0 saturated carbocycles. The molecule has 0 aliphatic carbocycles. The molecular formula is C16H28N2O2S. The molecule has 0 aliphatic heterocycles. The third kappa shape index (κ3) is 4.53. The molecule has 0 amide bonds. The Balaban J connectivity index is 3.19. The highest BCUT2D eigenvalue weighted by molar-refractivity contribution is 7.89. The summed E-state index contributed by atoms with van der Waals surface area (Å²) >= 11 is 0. The van der Waals surface area contributed by atoms with E-state index in [9.17, 15) is 8.42 Å². The number of nitrogens with one attached hydrogen (secondary N) is 2. The minimum atomic E-state index is -3.48. The van der Waals surface area contributed by atoms with E-state index in [1.807, 2.05) is 40.0 Å². The molecule has 0 fully saturated rings. The minimum absolute atomic E-state index is 0.00584. The van der Waals surface area contributed by atoms with Crippen LogP contribution in [0.5, 0.6) is 0 Å². The van der Waals surface area contributed by atoms with Crippen molar-refractivity contribution >= 4 is 10.0 Å². The fourth-order valence-corrected chi connectivity index (χ4v) is 3.80. The summed E-state index contributed by atoms with van der Waals surface area (Å²) in [6.07, 6.45) is 0. The SMILES string of the molecule is CNC(C)CNS(=O)(=O)c1c(C)cc(C(C)(C)C)cc1C. The van der Waals surface area contributed by atoms with Gasteiger partial charge in [0.1, 0.15) is 0 Å². The van der Waals surface area contributed by atoms with Gasteiger partial charge in [-0.05, 0) is 49.9 Å². The normalized spacial score (nSPS) is 14.2. The van der Waals surface area contributed by atoms with Crippen LogP contribution in [0.3, 0.4) is 0 Å². The second-order valence-electron chi connectivity index (χ2n) is 6.73. The molecule has 1 atom stereocenters. The summed E-state index contributed by atoms with van der Waals surface area (Å²) in [4.78, 5) is 0.402. The van der Waals surface area contributed by atoms with Gasteiger partial charge in [0, 0.05) is 12.6 Å². The average molecular weight is 312 g/mol. The van der Waals surface area contributed by atoms with Crippen LogP contribution in [0, 0.1) is 13.8 Å². The Kier molecular flexibility index (Phi) is 5.58. The Hall–Kier alpha value is -0.910. The van der Waals surface area contributed by atoms with E-state index in [0.29, 0.717) is 11.4 Å². The molecule has 2 N–H and O–H groups in total. The Labute approximate surface area is 129 Å². The number of rotatable bonds is 5. The van der Waals surface area contributed by atoms with Gasteiger partial charge in [0.05, 0.1) is 4.90 Å². The molecule has 4 nitrogen and oxygen atoms in total. The number of aryl methyl sites for hydroxylation is 2. The van der Waals surface area contributed by atoms with Gasteiger partial charge in [0.2, 0.25) is 10.0 Å². The summed E-state index contributed by atoms with van der Waals surface area (Å²) in [7, 11) is -1.67. The molecule has 1 aromatic carbocycles. The Morgan fingerprint density at radius 2 is 1.62 bits per heavy atom. The molecule has 0 radical (unpaired) electrons. The van der Waals surface area contributed by atoms with Crippen LogP contribution in [0.1, 0.15) is 44.4 Å². The van der Waals surface area contributed by atoms with Gasteiger partial charge in [-0.25, -0.2) is 13.1 Å². The van der Waals surface area contributed by atoms with E-state index < -0.39 is 10.0 Å². The summed E-state index contributed by atoms with van der Waals surface area (Å²) in [5, 5.41) is 3.02. The summed E-state index contributed by atoms with van der Waals surface area (Å²) < 4.78 is 27.7. The smallest absolute Gasteiger partial charge is 0.241 e. The van der Waals surface area contributed by atoms with E-state index in [4.69, 9.17) is 0 Å². The lowest BCUT2D eigenvalue weighted by Gasteiger charge is -2.22. The van der Waals surface area contributed by atoms with Crippen molar-refractivity contribution in [3.05, 3.63) is 28.8 Å². The Morgan fingerprint density at radius 1 is 1.14 bits per heavy atom. The van der Waals surface area contributed by atoms with Crippen LogP contribution in [0.15, 0.2) is 17.0 Å². The molecular weight excluding hydrogens is 284 g/mol. The second-order valence-corrected chi connectivity index (χ2v) is 8.43. The molecule has 0 aliphatic rings. The first-order valence-electron chi connectivity index (χ1n) is 7.27. The van der Waals surface area contributed by atoms with E-state index in [1.165, 1.54) is 0 Å². The zero-order valence-electron chi connectivity index (χ0n) is 14.2. The highest BCUT2D eigenvalue weighted by Gasteiger charge is 2.23. The zero-order valence-corrected chi connectivity index (χ0v) is 15.0. The van der Waals surface area contributed by atoms with Crippen molar-refractivity contribution in [2.45, 2.75) is 57.9 Å². The Morgan fingerprint density at radius 3 is 2.00 bits per heavy atom. The van der Waals surface area contributed by atoms with Gasteiger partial charge in [-0.1, -0.05) is 32.9 Å². The van der Waals surface area contributed by atoms with E-state index in [2.05, 4.69) is 30.8 Å². The first-order valence-corrected chi connectivity index (χ1v) is 8.76. The standard InChI is InChI=1S/C16H28N2O2S/c1-11-8-14(16(4,5)6)9-12(2)15(11)21(19,20)18-10-13(3)17-7/h8-9,13,17-18H,10H2,1-7H3. The van der Waals surface area contributed by atoms with Gasteiger partial charge in [-0.2, -0.15) is 0 Å². The molecule has 120 valence electrons. The fourth-order valence-electron chi connectivity index (χ4n) is 2.22. The van der Waals surface area contributed by atoms with Crippen molar-refractivity contribution in [1.29, 1.82) is 0 Å². The molecule has 21 heavy (non-hydrogen) atoms. The van der Waals surface area contributed by atoms with Crippen molar-refractivity contribution in [2.24, 2.45) is 0 Å². The molecule has 0 saturated heterocycles. The van der Waals surface area contributed by atoms with Crippen LogP contribution in [0.25, 0.3) is 0 Å². The highest BCUT2D eigenvalue weighted by Crippen LogP contribution is 2.28. The molecule has 5 heteroatoms. The maximum Gasteiger partial charge on any atom is 0.241 e. The lowest BCUT2D eigenvalue weighted by atomic mass is 9.85. The van der Waals surface area contributed by atoms with E-state index >= 15 is 0 Å². The quantitative estimate of drug-likeness (QED) is 0.878. The molecule has 1 rings (SSSR count). The van der Waals surface area contributed by atoms with Crippen LogP contribution in [-0.2, 0) is 15.4 Å². The van der Waals surface area contributed by atoms with Crippen molar-refractivity contribution in [3.8, 4) is 0 Å². The number of hydrogen-bond acceptors (Lipinski definition) is 3. The first-order chi connectivity index (χ1) is 9.49. The van der Waals surface area contributed by atoms with Gasteiger partial charge >= 0.3 is 0 Å². The third-order valence-corrected chi connectivity index (χ3v) is 5.40. The van der Waals surface area contributed by atoms with Crippen LogP contribution in [0.2, 0.25) is 0 Å². The maximum absolute atomic E-state index is 12.5. The van der Waals surface area contributed by atoms with Gasteiger partial charge in [0.15, 0.2) is 0 Å². The van der Waals surface area contributed by atoms with Crippen LogP contribution < -0.4 is 10.0 Å². The van der Waals surface area contributed by atoms with Crippen molar-refractivity contribution in [1.82, 2.24) is 10.0 Å². The van der Waals surface area contributed by atoms with E-state index in [1.54, 1.807) is 0 Å². The molecule has 0 spiro atoms. The van der Waals surface area contributed by atoms with Crippen LogP contribution >= 0.6 is 0 Å². The van der Waals surface area contributed by atoms with Crippen molar-refractivity contribution in [3.63, 3.8) is 0 Å². The number of likely N-dealkylation sites (N-methyl/N-ethyl adjacent to an activating group) is 1. The molecule has 1 unspecified atom stereocenters. The summed E-state index contributed by atoms with van der Waals surface area (Å²) in [5.41, 5.74) is 2.75. The lowest BCUT2D eigenvalue weighted by Crippen LogP contribution is -2.37. The lowest BCUT2D eigenvalue weighted by molar-refractivity contribution is 0.552. The zero-order chi connectivity index (χ0) is 16.4. The van der Waals surface area contributed by atoms with Gasteiger partial charge in [-0.3, -0.25) is 0 Å². The highest BCUT2D eigenvalue weighted by atomic mass is 32.2. The van der Waals surface area contributed by atoms with Crippen LogP contribution in [0.4, 0.5) is 0 Å². The van der Waals surface area contributed by atoms with Gasteiger partial charge in [-0.15, -0.1) is 0 Å². The first kappa shape index (κ1) is 18.1. The number of hydrogen-bond donors (Lipinski definition) is 2. The van der Waals surface area contributed by atoms with Crippen LogP contribution in [-0.4, -0.2) is 28.1 Å². The minimum Gasteiger partial charge on any atom is -0.316 e. The predicted octanol–water partition coefficient (Wildman–Crippen LogP) is 2.49. The molecule has 1 aromatic rings. The van der Waals surface area contributed by atoms with E-state index in [0.717, 1.165) is 16.7 Å². The summed E-state index contributed by atoms with van der Waals surface area (Å²) in [5.74, 6) is 0. The average Bonchev–Trinajstić information content (AvgIpc) is 2.33. The molecule has 0 bridgehead atoms. The largest absolute Gasteiger partial charge is 0.316 e. The fraction of sp³-hybridized carbons (Fsp3) is 0.625. The maximum atomic E-state index is 12.5. The topological polar surface area (TPSA) is 58.2 Å². The summed E-state index contributed by atoms with van der Waals surface area (Å²) in [6, 6.07) is 4.04. The van der Waals surface area contributed by atoms with Crippen molar-refractivity contribution in [2.75, 3.05) is 13.6 Å². The van der Waals surface area contributed by atoms with Crippen molar-refractivity contribution < 1.29 is 8.42 Å².